The standard InChI is InChI=1S/C24H25N3O6/c1-15-20(23(28)32-3)22(18-9-4-10-19(13-18)27(30)31)21(16(2)26-15)24(29)33-12-6-8-17-7-5-11-25-14-17/h4-5,7,9-11,13-14,22,26H,6,8,12H2,1-3H3/t22-/m0/s1. The van der Waals surface area contributed by atoms with Crippen LogP contribution in [-0.2, 0) is 25.5 Å². The molecule has 0 radical (unpaired) electrons. The van der Waals surface area contributed by atoms with Gasteiger partial charge in [0.2, 0.25) is 0 Å². The lowest BCUT2D eigenvalue weighted by molar-refractivity contribution is -0.384. The van der Waals surface area contributed by atoms with E-state index in [1.165, 1.54) is 25.3 Å². The van der Waals surface area contributed by atoms with Crippen LogP contribution in [0.5, 0.6) is 0 Å². The molecule has 0 spiro atoms. The van der Waals surface area contributed by atoms with Gasteiger partial charge in [-0.2, -0.15) is 0 Å². The average Bonchev–Trinajstić information content (AvgIpc) is 2.81. The molecule has 0 aliphatic carbocycles. The van der Waals surface area contributed by atoms with Crippen molar-refractivity contribution in [2.45, 2.75) is 32.6 Å². The molecule has 1 aliphatic heterocycles. The van der Waals surface area contributed by atoms with Gasteiger partial charge >= 0.3 is 11.9 Å². The smallest absolute Gasteiger partial charge is 0.336 e. The first-order valence-corrected chi connectivity index (χ1v) is 10.4. The molecule has 172 valence electrons. The molecule has 1 aromatic heterocycles. The summed E-state index contributed by atoms with van der Waals surface area (Å²) in [6.45, 7) is 3.56. The average molecular weight is 451 g/mol. The third kappa shape index (κ3) is 5.43. The molecule has 0 saturated heterocycles. The molecule has 9 heteroatoms. The van der Waals surface area contributed by atoms with Crippen LogP contribution in [0.1, 0.15) is 37.3 Å². The highest BCUT2D eigenvalue weighted by Gasteiger charge is 2.38. The molecule has 1 aliphatic rings. The highest BCUT2D eigenvalue weighted by molar-refractivity contribution is 5.99. The van der Waals surface area contributed by atoms with Gasteiger partial charge < -0.3 is 14.8 Å². The number of carbonyl (C=O) groups is 2. The van der Waals surface area contributed by atoms with Gasteiger partial charge in [-0.1, -0.05) is 18.2 Å². The number of nitro groups is 1. The topological polar surface area (TPSA) is 121 Å². The Labute approximate surface area is 191 Å². The quantitative estimate of drug-likeness (QED) is 0.280. The number of dihydropyridines is 1. The number of ether oxygens (including phenoxy) is 2. The number of nitrogens with zero attached hydrogens (tertiary/aromatic N) is 2. The SMILES string of the molecule is COC(=O)C1=C(C)NC(C)=C(C(=O)OCCCc2cccnc2)[C@H]1c1cccc([N+](=O)[O-])c1. The van der Waals surface area contributed by atoms with Crippen molar-refractivity contribution in [3.8, 4) is 0 Å². The maximum atomic E-state index is 13.1. The van der Waals surface area contributed by atoms with Crippen LogP contribution in [0, 0.1) is 10.1 Å². The van der Waals surface area contributed by atoms with E-state index in [0.717, 1.165) is 5.56 Å². The third-order valence-corrected chi connectivity index (χ3v) is 5.37. The number of esters is 2. The van der Waals surface area contributed by atoms with Crippen molar-refractivity contribution in [3.05, 3.63) is 92.6 Å². The van der Waals surface area contributed by atoms with E-state index in [0.29, 0.717) is 29.8 Å². The number of non-ortho nitro benzene ring substituents is 1. The molecule has 0 unspecified atom stereocenters. The zero-order valence-electron chi connectivity index (χ0n) is 18.7. The number of allylic oxidation sites excluding steroid dienone is 2. The molecule has 1 aromatic carbocycles. The summed E-state index contributed by atoms with van der Waals surface area (Å²) >= 11 is 0. The molecule has 3 rings (SSSR count). The molecule has 2 aromatic rings. The number of hydrogen-bond donors (Lipinski definition) is 1. The Morgan fingerprint density at radius 3 is 2.48 bits per heavy atom. The van der Waals surface area contributed by atoms with E-state index < -0.39 is 22.8 Å². The summed E-state index contributed by atoms with van der Waals surface area (Å²) in [5, 5.41) is 14.4. The fourth-order valence-electron chi connectivity index (χ4n) is 3.86. The predicted molar refractivity (Wildman–Crippen MR) is 120 cm³/mol. The van der Waals surface area contributed by atoms with Gasteiger partial charge in [-0.15, -0.1) is 0 Å². The Morgan fingerprint density at radius 1 is 1.12 bits per heavy atom. The minimum atomic E-state index is -0.871. The van der Waals surface area contributed by atoms with Gasteiger partial charge in [0.25, 0.3) is 5.69 Å². The molecule has 1 atom stereocenters. The second kappa shape index (κ2) is 10.5. The number of rotatable bonds is 8. The van der Waals surface area contributed by atoms with Gasteiger partial charge in [0.1, 0.15) is 0 Å². The fraction of sp³-hybridized carbons (Fsp3) is 0.292. The van der Waals surface area contributed by atoms with Crippen LogP contribution in [0.3, 0.4) is 0 Å². The van der Waals surface area contributed by atoms with E-state index in [2.05, 4.69) is 10.3 Å². The van der Waals surface area contributed by atoms with Crippen molar-refractivity contribution in [2.24, 2.45) is 0 Å². The number of hydrogen-bond acceptors (Lipinski definition) is 8. The molecule has 0 saturated carbocycles. The normalized spacial score (nSPS) is 15.7. The van der Waals surface area contributed by atoms with Gasteiger partial charge in [0.05, 0.1) is 35.7 Å². The summed E-state index contributed by atoms with van der Waals surface area (Å²) in [5.74, 6) is -2.10. The Bertz CT molecular complexity index is 1120. The van der Waals surface area contributed by atoms with E-state index in [1.807, 2.05) is 12.1 Å². The summed E-state index contributed by atoms with van der Waals surface area (Å²) in [6, 6.07) is 9.66. The molecule has 1 N–H and O–H groups in total. The first kappa shape index (κ1) is 23.6. The van der Waals surface area contributed by atoms with Crippen LogP contribution >= 0.6 is 0 Å². The van der Waals surface area contributed by atoms with E-state index in [-0.39, 0.29) is 23.4 Å². The molecule has 0 fully saturated rings. The van der Waals surface area contributed by atoms with Crippen LogP contribution in [0.2, 0.25) is 0 Å². The summed E-state index contributed by atoms with van der Waals surface area (Å²) in [4.78, 5) is 40.6. The lowest BCUT2D eigenvalue weighted by atomic mass is 9.80. The first-order valence-electron chi connectivity index (χ1n) is 10.4. The number of nitro benzene ring substituents is 1. The lowest BCUT2D eigenvalue weighted by Gasteiger charge is -2.30. The largest absolute Gasteiger partial charge is 0.466 e. The lowest BCUT2D eigenvalue weighted by Crippen LogP contribution is -2.32. The minimum Gasteiger partial charge on any atom is -0.466 e. The van der Waals surface area contributed by atoms with Crippen molar-refractivity contribution in [1.29, 1.82) is 0 Å². The van der Waals surface area contributed by atoms with Crippen LogP contribution in [0.4, 0.5) is 5.69 Å². The highest BCUT2D eigenvalue weighted by atomic mass is 16.6. The summed E-state index contributed by atoms with van der Waals surface area (Å²) in [6.07, 6.45) is 4.74. The van der Waals surface area contributed by atoms with Crippen molar-refractivity contribution in [3.63, 3.8) is 0 Å². The Morgan fingerprint density at radius 2 is 1.85 bits per heavy atom. The van der Waals surface area contributed by atoms with E-state index in [1.54, 1.807) is 32.3 Å². The summed E-state index contributed by atoms with van der Waals surface area (Å²) in [7, 11) is 1.24. The number of benzene rings is 1. The zero-order chi connectivity index (χ0) is 24.0. The molecule has 2 heterocycles. The number of carbonyl (C=O) groups excluding carboxylic acids is 2. The van der Waals surface area contributed by atoms with Gasteiger partial charge in [0.15, 0.2) is 0 Å². The van der Waals surface area contributed by atoms with Gasteiger partial charge in [-0.05, 0) is 43.9 Å². The maximum Gasteiger partial charge on any atom is 0.336 e. The number of pyridine rings is 1. The van der Waals surface area contributed by atoms with E-state index >= 15 is 0 Å². The van der Waals surface area contributed by atoms with Crippen molar-refractivity contribution in [1.82, 2.24) is 10.3 Å². The van der Waals surface area contributed by atoms with Crippen molar-refractivity contribution < 1.29 is 24.0 Å². The number of aromatic nitrogens is 1. The highest BCUT2D eigenvalue weighted by Crippen LogP contribution is 2.40. The van der Waals surface area contributed by atoms with Crippen LogP contribution in [-0.4, -0.2) is 35.6 Å². The zero-order valence-corrected chi connectivity index (χ0v) is 18.7. The maximum absolute atomic E-state index is 13.1. The summed E-state index contributed by atoms with van der Waals surface area (Å²) < 4.78 is 10.5. The third-order valence-electron chi connectivity index (χ3n) is 5.37. The minimum absolute atomic E-state index is 0.144. The fourth-order valence-corrected chi connectivity index (χ4v) is 3.86. The second-order valence-corrected chi connectivity index (χ2v) is 7.58. The first-order chi connectivity index (χ1) is 15.8. The van der Waals surface area contributed by atoms with Crippen LogP contribution in [0.25, 0.3) is 0 Å². The van der Waals surface area contributed by atoms with E-state index in [4.69, 9.17) is 9.47 Å². The number of aryl methyl sites for hydroxylation is 1. The molecule has 9 nitrogen and oxygen atoms in total. The van der Waals surface area contributed by atoms with Crippen LogP contribution < -0.4 is 5.32 Å². The van der Waals surface area contributed by atoms with Gasteiger partial charge in [-0.3, -0.25) is 15.1 Å². The number of nitrogens with one attached hydrogen (secondary N) is 1. The Hall–Kier alpha value is -4.01. The van der Waals surface area contributed by atoms with Crippen molar-refractivity contribution >= 4 is 17.6 Å². The molecular weight excluding hydrogens is 426 g/mol. The van der Waals surface area contributed by atoms with Gasteiger partial charge in [-0.25, -0.2) is 9.59 Å². The Kier molecular flexibility index (Phi) is 7.55. The molecule has 0 bridgehead atoms. The number of methoxy groups -OCH3 is 1. The Balaban J connectivity index is 1.89. The second-order valence-electron chi connectivity index (χ2n) is 7.58. The predicted octanol–water partition coefficient (Wildman–Crippen LogP) is 3.57. The van der Waals surface area contributed by atoms with Gasteiger partial charge in [0, 0.05) is 35.9 Å². The summed E-state index contributed by atoms with van der Waals surface area (Å²) in [5.41, 5.74) is 2.73. The van der Waals surface area contributed by atoms with Crippen molar-refractivity contribution in [2.75, 3.05) is 13.7 Å². The molecule has 0 amide bonds. The van der Waals surface area contributed by atoms with Crippen LogP contribution in [0.15, 0.2) is 71.3 Å². The monoisotopic (exact) mass is 451 g/mol. The molecule has 33 heavy (non-hydrogen) atoms. The molecular formula is C24H25N3O6. The van der Waals surface area contributed by atoms with E-state index in [9.17, 15) is 19.7 Å².